The van der Waals surface area contributed by atoms with Gasteiger partial charge in [0.1, 0.15) is 6.04 Å². The van der Waals surface area contributed by atoms with Gasteiger partial charge in [0.2, 0.25) is 5.91 Å². The van der Waals surface area contributed by atoms with E-state index < -0.39 is 6.04 Å². The van der Waals surface area contributed by atoms with Gasteiger partial charge in [-0.15, -0.1) is 0 Å². The molecule has 0 aliphatic rings. The number of nitrogens with one attached hydrogen (secondary N) is 1. The number of hydrogen-bond donors (Lipinski definition) is 2. The lowest BCUT2D eigenvalue weighted by atomic mass is 10.2. The summed E-state index contributed by atoms with van der Waals surface area (Å²) in [6, 6.07) is 8.86. The monoisotopic (exact) mass is 242 g/mol. The first kappa shape index (κ1) is 12.2. The van der Waals surface area contributed by atoms with Crippen molar-refractivity contribution >= 4 is 5.91 Å². The Hall–Kier alpha value is -2.27. The van der Waals surface area contributed by atoms with Gasteiger partial charge in [-0.1, -0.05) is 30.3 Å². The van der Waals surface area contributed by atoms with Gasteiger partial charge in [-0.3, -0.25) is 14.8 Å². The quantitative estimate of drug-likeness (QED) is 0.830. The zero-order valence-electron chi connectivity index (χ0n) is 9.78. The van der Waals surface area contributed by atoms with Gasteiger partial charge in [0.15, 0.2) is 0 Å². The van der Waals surface area contributed by atoms with Crippen molar-refractivity contribution in [1.29, 1.82) is 0 Å². The zero-order valence-corrected chi connectivity index (χ0v) is 9.78. The second-order valence-corrected chi connectivity index (χ2v) is 3.81. The van der Waals surface area contributed by atoms with Crippen LogP contribution in [0.5, 0.6) is 0 Å². The van der Waals surface area contributed by atoms with Crippen molar-refractivity contribution in [1.82, 2.24) is 15.3 Å². The fraction of sp³-hybridized carbons (Fsp3) is 0.154. The normalized spacial score (nSPS) is 11.8. The lowest BCUT2D eigenvalue weighted by molar-refractivity contribution is -0.122. The Balaban J connectivity index is 1.93. The first-order valence-electron chi connectivity index (χ1n) is 5.60. The molecule has 0 unspecified atom stereocenters. The highest BCUT2D eigenvalue weighted by atomic mass is 16.2. The number of benzene rings is 1. The molecule has 0 fully saturated rings. The van der Waals surface area contributed by atoms with Crippen LogP contribution in [0, 0.1) is 0 Å². The minimum atomic E-state index is -0.789. The van der Waals surface area contributed by atoms with Gasteiger partial charge in [-0.25, -0.2) is 0 Å². The highest BCUT2D eigenvalue weighted by molar-refractivity contribution is 5.82. The highest BCUT2D eigenvalue weighted by Gasteiger charge is 2.16. The van der Waals surface area contributed by atoms with Gasteiger partial charge in [0, 0.05) is 18.9 Å². The van der Waals surface area contributed by atoms with E-state index in [1.807, 2.05) is 30.3 Å². The van der Waals surface area contributed by atoms with E-state index in [0.29, 0.717) is 12.2 Å². The lowest BCUT2D eigenvalue weighted by Crippen LogP contribution is -2.34. The van der Waals surface area contributed by atoms with E-state index in [-0.39, 0.29) is 5.91 Å². The number of carbonyl (C=O) groups excluding carboxylic acids is 1. The summed E-state index contributed by atoms with van der Waals surface area (Å²) >= 11 is 0. The zero-order chi connectivity index (χ0) is 12.8. The lowest BCUT2D eigenvalue weighted by Gasteiger charge is -2.11. The number of nitrogens with zero attached hydrogens (tertiary/aromatic N) is 2. The highest BCUT2D eigenvalue weighted by Crippen LogP contribution is 2.05. The fourth-order valence-electron chi connectivity index (χ4n) is 1.50. The van der Waals surface area contributed by atoms with Crippen molar-refractivity contribution in [2.24, 2.45) is 5.73 Å². The molecule has 2 aromatic rings. The molecule has 1 amide bonds. The fourth-order valence-corrected chi connectivity index (χ4v) is 1.50. The average molecular weight is 242 g/mol. The molecule has 5 nitrogen and oxygen atoms in total. The molecule has 18 heavy (non-hydrogen) atoms. The van der Waals surface area contributed by atoms with E-state index >= 15 is 0 Å². The molecule has 0 radical (unpaired) electrons. The summed E-state index contributed by atoms with van der Waals surface area (Å²) in [7, 11) is 0. The number of nitrogens with two attached hydrogens (primary N) is 1. The van der Waals surface area contributed by atoms with Crippen LogP contribution in [0.2, 0.25) is 0 Å². The molecule has 1 aromatic carbocycles. The summed E-state index contributed by atoms with van der Waals surface area (Å²) in [4.78, 5) is 19.7. The molecule has 1 aromatic heterocycles. The van der Waals surface area contributed by atoms with E-state index in [1.165, 1.54) is 18.6 Å². The van der Waals surface area contributed by atoms with E-state index in [0.717, 1.165) is 5.56 Å². The molecule has 0 bridgehead atoms. The summed E-state index contributed by atoms with van der Waals surface area (Å²) in [5, 5.41) is 2.77. The second-order valence-electron chi connectivity index (χ2n) is 3.81. The smallest absolute Gasteiger partial charge is 0.243 e. The topological polar surface area (TPSA) is 80.9 Å². The predicted molar refractivity (Wildman–Crippen MR) is 67.2 cm³/mol. The van der Waals surface area contributed by atoms with E-state index in [2.05, 4.69) is 15.3 Å². The summed E-state index contributed by atoms with van der Waals surface area (Å²) < 4.78 is 0. The summed E-state index contributed by atoms with van der Waals surface area (Å²) in [5.41, 5.74) is 7.27. The van der Waals surface area contributed by atoms with E-state index in [9.17, 15) is 4.79 Å². The van der Waals surface area contributed by atoms with Crippen molar-refractivity contribution in [3.05, 3.63) is 60.2 Å². The maximum atomic E-state index is 11.8. The molecular formula is C13H14N4O. The van der Waals surface area contributed by atoms with Gasteiger partial charge in [-0.05, 0) is 5.56 Å². The van der Waals surface area contributed by atoms with Crippen molar-refractivity contribution in [3.63, 3.8) is 0 Å². The van der Waals surface area contributed by atoms with Crippen molar-refractivity contribution < 1.29 is 4.79 Å². The first-order valence-corrected chi connectivity index (χ1v) is 5.60. The van der Waals surface area contributed by atoms with Gasteiger partial charge in [0.25, 0.3) is 0 Å². The SMILES string of the molecule is N[C@@H](C(=O)NCc1ccccc1)c1cnccn1. The molecule has 2 rings (SSSR count). The number of aromatic nitrogens is 2. The summed E-state index contributed by atoms with van der Waals surface area (Å²) in [5.74, 6) is -0.264. The van der Waals surface area contributed by atoms with E-state index in [4.69, 9.17) is 5.73 Å². The standard InChI is InChI=1S/C13H14N4O/c14-12(11-9-15-6-7-16-11)13(18)17-8-10-4-2-1-3-5-10/h1-7,9,12H,8,14H2,(H,17,18)/t12-/m1/s1. The van der Waals surface area contributed by atoms with Crippen LogP contribution in [0.4, 0.5) is 0 Å². The Morgan fingerprint density at radius 2 is 2.06 bits per heavy atom. The van der Waals surface area contributed by atoms with Crippen LogP contribution < -0.4 is 11.1 Å². The molecule has 1 atom stereocenters. The van der Waals surface area contributed by atoms with Gasteiger partial charge >= 0.3 is 0 Å². The molecule has 3 N–H and O–H groups in total. The predicted octanol–water partition coefficient (Wildman–Crippen LogP) is 0.793. The van der Waals surface area contributed by atoms with Crippen LogP contribution in [0.15, 0.2) is 48.9 Å². The molecule has 0 spiro atoms. The van der Waals surface area contributed by atoms with Crippen LogP contribution in [0.25, 0.3) is 0 Å². The molecule has 0 aliphatic carbocycles. The Kier molecular flexibility index (Phi) is 3.98. The third-order valence-electron chi connectivity index (χ3n) is 2.49. The number of carbonyl (C=O) groups is 1. The van der Waals surface area contributed by atoms with Crippen LogP contribution >= 0.6 is 0 Å². The minimum absolute atomic E-state index is 0.264. The molecular weight excluding hydrogens is 228 g/mol. The number of amides is 1. The maximum absolute atomic E-state index is 11.8. The number of rotatable bonds is 4. The first-order chi connectivity index (χ1) is 8.77. The van der Waals surface area contributed by atoms with Gasteiger partial charge in [0.05, 0.1) is 11.9 Å². The third-order valence-corrected chi connectivity index (χ3v) is 2.49. The van der Waals surface area contributed by atoms with Gasteiger partial charge < -0.3 is 11.1 Å². The molecule has 0 saturated heterocycles. The molecule has 5 heteroatoms. The Morgan fingerprint density at radius 3 is 2.72 bits per heavy atom. The maximum Gasteiger partial charge on any atom is 0.243 e. The third kappa shape index (κ3) is 3.11. The van der Waals surface area contributed by atoms with Crippen LogP contribution in [-0.4, -0.2) is 15.9 Å². The Morgan fingerprint density at radius 1 is 1.28 bits per heavy atom. The second kappa shape index (κ2) is 5.88. The Labute approximate surface area is 105 Å². The van der Waals surface area contributed by atoms with Gasteiger partial charge in [-0.2, -0.15) is 0 Å². The number of hydrogen-bond acceptors (Lipinski definition) is 4. The minimum Gasteiger partial charge on any atom is -0.350 e. The molecule has 0 saturated carbocycles. The van der Waals surface area contributed by atoms with Crippen LogP contribution in [0.1, 0.15) is 17.3 Å². The molecule has 0 aliphatic heterocycles. The largest absolute Gasteiger partial charge is 0.350 e. The van der Waals surface area contributed by atoms with Crippen LogP contribution in [0.3, 0.4) is 0 Å². The molecule has 1 heterocycles. The molecule has 92 valence electrons. The van der Waals surface area contributed by atoms with Crippen molar-refractivity contribution in [2.75, 3.05) is 0 Å². The van der Waals surface area contributed by atoms with Crippen LogP contribution in [-0.2, 0) is 11.3 Å². The summed E-state index contributed by atoms with van der Waals surface area (Å²) in [6.07, 6.45) is 4.55. The summed E-state index contributed by atoms with van der Waals surface area (Å²) in [6.45, 7) is 0.452. The van der Waals surface area contributed by atoms with Crippen molar-refractivity contribution in [3.8, 4) is 0 Å². The van der Waals surface area contributed by atoms with Crippen molar-refractivity contribution in [2.45, 2.75) is 12.6 Å². The Bertz CT molecular complexity index is 501. The van der Waals surface area contributed by atoms with E-state index in [1.54, 1.807) is 0 Å². The average Bonchev–Trinajstić information content (AvgIpc) is 2.46.